The normalized spacial score (nSPS) is 13.0. The Morgan fingerprint density at radius 1 is 1.32 bits per heavy atom. The number of rotatable bonds is 2. The van der Waals surface area contributed by atoms with E-state index in [9.17, 15) is 26.7 Å². The van der Waals surface area contributed by atoms with Crippen LogP contribution in [-0.2, 0) is 11.0 Å². The molecular weight excluding hydrogens is 351 g/mol. The summed E-state index contributed by atoms with van der Waals surface area (Å²) in [5.41, 5.74) is -0.926. The Hall–Kier alpha value is -1.74. The van der Waals surface area contributed by atoms with Gasteiger partial charge in [0.1, 0.15) is 4.34 Å². The average molecular weight is 357 g/mol. The second-order valence-corrected chi connectivity index (χ2v) is 5.63. The standard InChI is InChI=1S/C12H6ClF5N2OS/c13-8-5-20(11(22-8)19-10(21)9(14)15)7-3-1-2-6(4-7)12(16,17)18/h1-5,9H. The summed E-state index contributed by atoms with van der Waals surface area (Å²) in [5.74, 6) is -1.70. The zero-order valence-corrected chi connectivity index (χ0v) is 12.0. The Kier molecular flexibility index (Phi) is 4.66. The monoisotopic (exact) mass is 356 g/mol. The summed E-state index contributed by atoms with van der Waals surface area (Å²) in [6, 6.07) is 4.12. The van der Waals surface area contributed by atoms with Gasteiger partial charge in [0, 0.05) is 11.9 Å². The smallest absolute Gasteiger partial charge is 0.291 e. The highest BCUT2D eigenvalue weighted by atomic mass is 35.5. The third kappa shape index (κ3) is 3.72. The van der Waals surface area contributed by atoms with E-state index in [1.807, 2.05) is 0 Å². The Balaban J connectivity index is 2.57. The molecule has 1 heterocycles. The van der Waals surface area contributed by atoms with Crippen molar-refractivity contribution in [3.8, 4) is 5.69 Å². The number of hydrogen-bond acceptors (Lipinski definition) is 2. The molecule has 1 aromatic carbocycles. The van der Waals surface area contributed by atoms with E-state index < -0.39 is 24.1 Å². The fraction of sp³-hybridized carbons (Fsp3) is 0.167. The molecule has 0 fully saturated rings. The predicted molar refractivity (Wildman–Crippen MR) is 70.2 cm³/mol. The number of amides is 1. The van der Waals surface area contributed by atoms with Crippen molar-refractivity contribution in [3.63, 3.8) is 0 Å². The van der Waals surface area contributed by atoms with E-state index in [1.54, 1.807) is 0 Å². The fourth-order valence-electron chi connectivity index (χ4n) is 1.56. The molecule has 0 aliphatic carbocycles. The van der Waals surface area contributed by atoms with Gasteiger partial charge in [-0.2, -0.15) is 26.9 Å². The van der Waals surface area contributed by atoms with Crippen LogP contribution in [0.1, 0.15) is 5.56 Å². The molecule has 118 valence electrons. The summed E-state index contributed by atoms with van der Waals surface area (Å²) in [7, 11) is 0. The van der Waals surface area contributed by atoms with E-state index in [0.717, 1.165) is 22.8 Å². The van der Waals surface area contributed by atoms with Crippen LogP contribution in [0.5, 0.6) is 0 Å². The highest BCUT2D eigenvalue weighted by Gasteiger charge is 2.30. The molecule has 0 saturated heterocycles. The van der Waals surface area contributed by atoms with Crippen LogP contribution in [0.4, 0.5) is 22.0 Å². The third-order valence-corrected chi connectivity index (χ3v) is 3.57. The first-order valence-corrected chi connectivity index (χ1v) is 6.80. The molecule has 0 aliphatic rings. The van der Waals surface area contributed by atoms with Gasteiger partial charge in [0.05, 0.1) is 5.56 Å². The van der Waals surface area contributed by atoms with Crippen LogP contribution in [-0.4, -0.2) is 16.9 Å². The first-order valence-electron chi connectivity index (χ1n) is 5.61. The van der Waals surface area contributed by atoms with Gasteiger partial charge >= 0.3 is 18.5 Å². The molecule has 0 aliphatic heterocycles. The molecule has 0 bridgehead atoms. The van der Waals surface area contributed by atoms with E-state index in [1.165, 1.54) is 12.3 Å². The van der Waals surface area contributed by atoms with Gasteiger partial charge in [0.15, 0.2) is 4.80 Å². The quantitative estimate of drug-likeness (QED) is 0.751. The van der Waals surface area contributed by atoms with Crippen LogP contribution in [0, 0.1) is 0 Å². The number of aromatic nitrogens is 1. The minimum Gasteiger partial charge on any atom is -0.291 e. The molecule has 0 spiro atoms. The SMILES string of the molecule is O=C(N=c1sc(Cl)cn1-c1cccc(C(F)(F)F)c1)C(F)F. The number of benzene rings is 1. The lowest BCUT2D eigenvalue weighted by Gasteiger charge is -2.09. The van der Waals surface area contributed by atoms with Crippen LogP contribution in [0.3, 0.4) is 0 Å². The van der Waals surface area contributed by atoms with Gasteiger partial charge < -0.3 is 0 Å². The van der Waals surface area contributed by atoms with Gasteiger partial charge in [0.25, 0.3) is 0 Å². The number of thiazole rings is 1. The van der Waals surface area contributed by atoms with Crippen molar-refractivity contribution in [2.75, 3.05) is 0 Å². The van der Waals surface area contributed by atoms with Gasteiger partial charge in [0.2, 0.25) is 0 Å². The Labute approximate surface area is 129 Å². The molecule has 22 heavy (non-hydrogen) atoms. The van der Waals surface area contributed by atoms with Gasteiger partial charge in [-0.25, -0.2) is 0 Å². The summed E-state index contributed by atoms with van der Waals surface area (Å²) in [6.07, 6.45) is -6.68. The topological polar surface area (TPSA) is 34.4 Å². The molecule has 10 heteroatoms. The molecule has 0 radical (unpaired) electrons. The van der Waals surface area contributed by atoms with Crippen LogP contribution in [0.25, 0.3) is 5.69 Å². The van der Waals surface area contributed by atoms with Crippen molar-refractivity contribution in [1.29, 1.82) is 0 Å². The van der Waals surface area contributed by atoms with Crippen LogP contribution in [0.15, 0.2) is 35.5 Å². The number of nitrogens with zero attached hydrogens (tertiary/aromatic N) is 2. The molecule has 2 aromatic rings. The highest BCUT2D eigenvalue weighted by Crippen LogP contribution is 2.30. The van der Waals surface area contributed by atoms with E-state index in [-0.39, 0.29) is 14.8 Å². The van der Waals surface area contributed by atoms with Crippen molar-refractivity contribution in [2.45, 2.75) is 12.6 Å². The largest absolute Gasteiger partial charge is 0.416 e. The molecule has 1 amide bonds. The summed E-state index contributed by atoms with van der Waals surface area (Å²) < 4.78 is 63.7. The summed E-state index contributed by atoms with van der Waals surface area (Å²) in [4.78, 5) is 13.9. The van der Waals surface area contributed by atoms with Crippen molar-refractivity contribution < 1.29 is 26.7 Å². The molecule has 0 atom stereocenters. The zero-order valence-electron chi connectivity index (χ0n) is 10.4. The van der Waals surface area contributed by atoms with Crippen LogP contribution < -0.4 is 4.80 Å². The Morgan fingerprint density at radius 2 is 2.00 bits per heavy atom. The molecule has 0 N–H and O–H groups in total. The average Bonchev–Trinajstić information content (AvgIpc) is 2.78. The summed E-state index contributed by atoms with van der Waals surface area (Å²) >= 11 is 6.42. The lowest BCUT2D eigenvalue weighted by Crippen LogP contribution is -2.18. The highest BCUT2D eigenvalue weighted by molar-refractivity contribution is 7.13. The zero-order chi connectivity index (χ0) is 16.5. The first-order chi connectivity index (χ1) is 10.2. The lowest BCUT2D eigenvalue weighted by molar-refractivity contribution is -0.137. The van der Waals surface area contributed by atoms with E-state index in [2.05, 4.69) is 4.99 Å². The lowest BCUT2D eigenvalue weighted by atomic mass is 10.2. The van der Waals surface area contributed by atoms with Crippen molar-refractivity contribution in [2.24, 2.45) is 4.99 Å². The number of alkyl halides is 5. The van der Waals surface area contributed by atoms with E-state index in [0.29, 0.717) is 11.3 Å². The van der Waals surface area contributed by atoms with Gasteiger partial charge in [-0.05, 0) is 18.2 Å². The minimum atomic E-state index is -4.56. The molecule has 1 aromatic heterocycles. The maximum Gasteiger partial charge on any atom is 0.416 e. The number of carbonyl (C=O) groups excluding carboxylic acids is 1. The van der Waals surface area contributed by atoms with Crippen molar-refractivity contribution in [1.82, 2.24) is 4.57 Å². The van der Waals surface area contributed by atoms with Crippen molar-refractivity contribution >= 4 is 28.8 Å². The molecule has 2 rings (SSSR count). The first kappa shape index (κ1) is 16.6. The van der Waals surface area contributed by atoms with Crippen LogP contribution >= 0.6 is 22.9 Å². The van der Waals surface area contributed by atoms with Gasteiger partial charge in [-0.3, -0.25) is 9.36 Å². The maximum absolute atomic E-state index is 12.7. The minimum absolute atomic E-state index is 0.00112. The summed E-state index contributed by atoms with van der Waals surface area (Å²) in [6.45, 7) is 0. The van der Waals surface area contributed by atoms with Gasteiger partial charge in [-0.15, -0.1) is 0 Å². The fourth-order valence-corrected chi connectivity index (χ4v) is 2.59. The molecule has 0 saturated carbocycles. The Bertz CT molecular complexity index is 765. The second-order valence-electron chi connectivity index (χ2n) is 3.99. The molecular formula is C12H6ClF5N2OS. The Morgan fingerprint density at radius 3 is 2.59 bits per heavy atom. The molecule has 3 nitrogen and oxygen atoms in total. The second kappa shape index (κ2) is 6.17. The predicted octanol–water partition coefficient (Wildman–Crippen LogP) is 3.90. The number of hydrogen-bond donors (Lipinski definition) is 0. The third-order valence-electron chi connectivity index (χ3n) is 2.47. The number of carbonyl (C=O) groups is 1. The van der Waals surface area contributed by atoms with Crippen LogP contribution in [0.2, 0.25) is 4.34 Å². The maximum atomic E-state index is 12.7. The number of halogens is 6. The molecule has 0 unspecified atom stereocenters. The van der Waals surface area contributed by atoms with E-state index >= 15 is 0 Å². The van der Waals surface area contributed by atoms with Gasteiger partial charge in [-0.1, -0.05) is 29.0 Å². The summed E-state index contributed by atoms with van der Waals surface area (Å²) in [5, 5.41) is 0. The van der Waals surface area contributed by atoms with Crippen molar-refractivity contribution in [3.05, 3.63) is 45.2 Å². The van der Waals surface area contributed by atoms with E-state index in [4.69, 9.17) is 11.6 Å².